The zero-order chi connectivity index (χ0) is 10.7. The van der Waals surface area contributed by atoms with Crippen LogP contribution in [0.25, 0.3) is 0 Å². The van der Waals surface area contributed by atoms with Gasteiger partial charge in [-0.25, -0.2) is 4.98 Å². The van der Waals surface area contributed by atoms with E-state index < -0.39 is 0 Å². The van der Waals surface area contributed by atoms with Gasteiger partial charge in [0.05, 0.1) is 5.69 Å². The van der Waals surface area contributed by atoms with Crippen LogP contribution in [-0.4, -0.2) is 29.1 Å². The van der Waals surface area contributed by atoms with Gasteiger partial charge >= 0.3 is 0 Å². The summed E-state index contributed by atoms with van der Waals surface area (Å²) in [5, 5.41) is 0. The number of anilines is 1. The van der Waals surface area contributed by atoms with Crippen molar-refractivity contribution in [3.63, 3.8) is 0 Å². The molecule has 1 aliphatic rings. The molecule has 82 valence electrons. The van der Waals surface area contributed by atoms with E-state index in [1.165, 1.54) is 19.3 Å². The summed E-state index contributed by atoms with van der Waals surface area (Å²) in [6.07, 6.45) is 7.17. The van der Waals surface area contributed by atoms with E-state index in [1.807, 2.05) is 6.92 Å². The van der Waals surface area contributed by atoms with E-state index in [4.69, 9.17) is 5.73 Å². The minimum Gasteiger partial charge on any atom is -0.351 e. The molecule has 0 radical (unpaired) electrons. The molecule has 2 rings (SSSR count). The minimum atomic E-state index is 0.439. The fourth-order valence-electron chi connectivity index (χ4n) is 2.21. The average Bonchev–Trinajstić information content (AvgIpc) is 2.30. The van der Waals surface area contributed by atoms with Crippen LogP contribution < -0.4 is 10.6 Å². The van der Waals surface area contributed by atoms with Crippen molar-refractivity contribution in [3.8, 4) is 0 Å². The molecule has 0 saturated carbocycles. The quantitative estimate of drug-likeness (QED) is 0.787. The van der Waals surface area contributed by atoms with Crippen LogP contribution >= 0.6 is 0 Å². The summed E-state index contributed by atoms with van der Waals surface area (Å²) in [6.45, 7) is 3.77. The van der Waals surface area contributed by atoms with Crippen LogP contribution in [-0.2, 0) is 0 Å². The summed E-state index contributed by atoms with van der Waals surface area (Å²) in [7, 11) is 0. The second-order valence-corrected chi connectivity index (χ2v) is 4.04. The number of aryl methyl sites for hydroxylation is 1. The summed E-state index contributed by atoms with van der Waals surface area (Å²) < 4.78 is 0. The van der Waals surface area contributed by atoms with E-state index in [0.717, 1.165) is 18.1 Å². The van der Waals surface area contributed by atoms with Crippen LogP contribution in [0.2, 0.25) is 0 Å². The highest BCUT2D eigenvalue weighted by atomic mass is 15.2. The number of piperidine rings is 1. The lowest BCUT2D eigenvalue weighted by atomic mass is 10.0. The largest absolute Gasteiger partial charge is 0.351 e. The Morgan fingerprint density at radius 3 is 2.93 bits per heavy atom. The Kier molecular flexibility index (Phi) is 3.16. The Hall–Kier alpha value is -1.16. The monoisotopic (exact) mass is 206 g/mol. The molecular formula is C11H18N4. The number of hydrogen-bond acceptors (Lipinski definition) is 4. The average molecular weight is 206 g/mol. The lowest BCUT2D eigenvalue weighted by Crippen LogP contribution is -2.45. The van der Waals surface area contributed by atoms with Crippen LogP contribution in [0.15, 0.2) is 12.4 Å². The van der Waals surface area contributed by atoms with Crippen LogP contribution in [0.4, 0.5) is 5.82 Å². The minimum absolute atomic E-state index is 0.439. The van der Waals surface area contributed by atoms with Gasteiger partial charge < -0.3 is 10.6 Å². The van der Waals surface area contributed by atoms with Gasteiger partial charge in [-0.1, -0.05) is 0 Å². The fraction of sp³-hybridized carbons (Fsp3) is 0.636. The van der Waals surface area contributed by atoms with Crippen molar-refractivity contribution >= 4 is 5.82 Å². The summed E-state index contributed by atoms with van der Waals surface area (Å²) >= 11 is 0. The fourth-order valence-corrected chi connectivity index (χ4v) is 2.21. The van der Waals surface area contributed by atoms with E-state index in [-0.39, 0.29) is 0 Å². The molecule has 2 heterocycles. The zero-order valence-corrected chi connectivity index (χ0v) is 9.19. The van der Waals surface area contributed by atoms with Gasteiger partial charge in [-0.2, -0.15) is 0 Å². The van der Waals surface area contributed by atoms with Gasteiger partial charge in [0, 0.05) is 31.5 Å². The van der Waals surface area contributed by atoms with Crippen molar-refractivity contribution < 1.29 is 0 Å². The molecule has 2 N–H and O–H groups in total. The van der Waals surface area contributed by atoms with Gasteiger partial charge in [0.1, 0.15) is 5.82 Å². The van der Waals surface area contributed by atoms with E-state index in [1.54, 1.807) is 12.4 Å². The maximum absolute atomic E-state index is 5.79. The Morgan fingerprint density at radius 2 is 2.20 bits per heavy atom. The molecule has 1 fully saturated rings. The predicted molar refractivity (Wildman–Crippen MR) is 60.8 cm³/mol. The molecule has 0 unspecified atom stereocenters. The highest BCUT2D eigenvalue weighted by molar-refractivity contribution is 5.44. The lowest BCUT2D eigenvalue weighted by Gasteiger charge is -2.36. The van der Waals surface area contributed by atoms with Gasteiger partial charge in [-0.15, -0.1) is 0 Å². The molecule has 0 amide bonds. The summed E-state index contributed by atoms with van der Waals surface area (Å²) in [5.41, 5.74) is 6.79. The molecule has 0 aromatic carbocycles. The third-order valence-corrected chi connectivity index (χ3v) is 3.03. The van der Waals surface area contributed by atoms with Gasteiger partial charge in [0.2, 0.25) is 0 Å². The van der Waals surface area contributed by atoms with Gasteiger partial charge in [-0.05, 0) is 26.2 Å². The van der Waals surface area contributed by atoms with Gasteiger partial charge in [-0.3, -0.25) is 4.98 Å². The maximum Gasteiger partial charge on any atom is 0.150 e. The third-order valence-electron chi connectivity index (χ3n) is 3.03. The van der Waals surface area contributed by atoms with Crippen molar-refractivity contribution in [2.75, 3.05) is 18.0 Å². The summed E-state index contributed by atoms with van der Waals surface area (Å²) in [6, 6.07) is 0.439. The lowest BCUT2D eigenvalue weighted by molar-refractivity contribution is 0.461. The second-order valence-electron chi connectivity index (χ2n) is 4.04. The van der Waals surface area contributed by atoms with Crippen LogP contribution in [0.1, 0.15) is 25.0 Å². The van der Waals surface area contributed by atoms with Gasteiger partial charge in [0.15, 0.2) is 0 Å². The normalized spacial score (nSPS) is 21.7. The van der Waals surface area contributed by atoms with E-state index in [0.29, 0.717) is 12.6 Å². The predicted octanol–water partition coefficient (Wildman–Crippen LogP) is 1.10. The van der Waals surface area contributed by atoms with Crippen molar-refractivity contribution in [1.82, 2.24) is 9.97 Å². The number of rotatable bonds is 2. The Balaban J connectivity index is 2.24. The molecule has 1 saturated heterocycles. The number of nitrogens with zero attached hydrogens (tertiary/aromatic N) is 3. The molecule has 1 aromatic heterocycles. The topological polar surface area (TPSA) is 55.0 Å². The van der Waals surface area contributed by atoms with Crippen molar-refractivity contribution in [2.24, 2.45) is 5.73 Å². The van der Waals surface area contributed by atoms with E-state index >= 15 is 0 Å². The standard InChI is InChI=1S/C11H18N4/c1-9-11(14-6-5-13-9)15-7-3-2-4-10(15)8-12/h5-6,10H,2-4,7-8,12H2,1H3/t10-/m0/s1. The van der Waals surface area contributed by atoms with Crippen LogP contribution in [0, 0.1) is 6.92 Å². The molecule has 0 spiro atoms. The first-order chi connectivity index (χ1) is 7.33. The molecule has 1 aliphatic heterocycles. The van der Waals surface area contributed by atoms with E-state index in [2.05, 4.69) is 14.9 Å². The molecular weight excluding hydrogens is 188 g/mol. The maximum atomic E-state index is 5.79. The Labute approximate surface area is 90.5 Å². The first-order valence-corrected chi connectivity index (χ1v) is 5.57. The highest BCUT2D eigenvalue weighted by Gasteiger charge is 2.23. The van der Waals surface area contributed by atoms with Gasteiger partial charge in [0.25, 0.3) is 0 Å². The Bertz CT molecular complexity index is 326. The molecule has 1 aromatic rings. The smallest absolute Gasteiger partial charge is 0.150 e. The molecule has 4 heteroatoms. The molecule has 0 aliphatic carbocycles. The Morgan fingerprint density at radius 1 is 1.40 bits per heavy atom. The van der Waals surface area contributed by atoms with Crippen LogP contribution in [0.5, 0.6) is 0 Å². The van der Waals surface area contributed by atoms with Crippen molar-refractivity contribution in [1.29, 1.82) is 0 Å². The zero-order valence-electron chi connectivity index (χ0n) is 9.19. The molecule has 0 bridgehead atoms. The van der Waals surface area contributed by atoms with Crippen LogP contribution in [0.3, 0.4) is 0 Å². The SMILES string of the molecule is Cc1nccnc1N1CCCC[C@H]1CN. The third kappa shape index (κ3) is 2.09. The molecule has 15 heavy (non-hydrogen) atoms. The van der Waals surface area contributed by atoms with Crippen molar-refractivity contribution in [2.45, 2.75) is 32.2 Å². The highest BCUT2D eigenvalue weighted by Crippen LogP contribution is 2.23. The van der Waals surface area contributed by atoms with E-state index in [9.17, 15) is 0 Å². The second kappa shape index (κ2) is 4.57. The number of hydrogen-bond donors (Lipinski definition) is 1. The first-order valence-electron chi connectivity index (χ1n) is 5.57. The first kappa shape index (κ1) is 10.4. The number of nitrogens with two attached hydrogens (primary N) is 1. The molecule has 4 nitrogen and oxygen atoms in total. The number of aromatic nitrogens is 2. The summed E-state index contributed by atoms with van der Waals surface area (Å²) in [5.74, 6) is 1.01. The molecule has 1 atom stereocenters. The summed E-state index contributed by atoms with van der Waals surface area (Å²) in [4.78, 5) is 11.0. The van der Waals surface area contributed by atoms with Crippen molar-refractivity contribution in [3.05, 3.63) is 18.1 Å².